The van der Waals surface area contributed by atoms with Gasteiger partial charge in [0.15, 0.2) is 0 Å². The van der Waals surface area contributed by atoms with Crippen LogP contribution in [0.2, 0.25) is 0 Å². The van der Waals surface area contributed by atoms with Crippen LogP contribution in [0, 0.1) is 0 Å². The Balaban J connectivity index is 3.28. The first kappa shape index (κ1) is 25.4. The maximum Gasteiger partial charge on any atom is -0.0348 e. The van der Waals surface area contributed by atoms with Crippen LogP contribution in [0.15, 0.2) is 73.9 Å². The van der Waals surface area contributed by atoms with Gasteiger partial charge in [-0.15, -0.1) is 13.2 Å². The average Bonchev–Trinajstić information content (AvgIpc) is 2.68. The van der Waals surface area contributed by atoms with Gasteiger partial charge in [0.1, 0.15) is 0 Å². The van der Waals surface area contributed by atoms with Crippen LogP contribution in [-0.2, 0) is 0 Å². The zero-order valence-corrected chi connectivity index (χ0v) is 17.8. The Kier molecular flexibility index (Phi) is 23.0. The highest BCUT2D eigenvalue weighted by atomic mass is 13.9. The first-order chi connectivity index (χ1) is 13.4. The molecule has 0 heterocycles. The van der Waals surface area contributed by atoms with Gasteiger partial charge >= 0.3 is 0 Å². The minimum Gasteiger partial charge on any atom is -0.103 e. The molecule has 0 radical (unpaired) electrons. The lowest BCUT2D eigenvalue weighted by atomic mass is 10.1. The maximum absolute atomic E-state index is 3.75. The molecule has 0 aromatic heterocycles. The summed E-state index contributed by atoms with van der Waals surface area (Å²) in [5.41, 5.74) is 0. The van der Waals surface area contributed by atoms with Crippen molar-refractivity contribution in [1.29, 1.82) is 0 Å². The number of hydrogen-bond donors (Lipinski definition) is 0. The maximum atomic E-state index is 3.75. The Labute approximate surface area is 170 Å². The summed E-state index contributed by atoms with van der Waals surface area (Å²) in [6.07, 6.45) is 41.0. The summed E-state index contributed by atoms with van der Waals surface area (Å²) in [7, 11) is 0. The lowest BCUT2D eigenvalue weighted by Crippen LogP contribution is -1.74. The molecular formula is C27H44. The molecule has 0 heteroatoms. The van der Waals surface area contributed by atoms with Crippen molar-refractivity contribution >= 4 is 0 Å². The second-order valence-electron chi connectivity index (χ2n) is 7.12. The molecule has 27 heavy (non-hydrogen) atoms. The molecule has 0 spiro atoms. The quantitative estimate of drug-likeness (QED) is 0.148. The molecule has 0 nitrogen and oxygen atoms in total. The Morgan fingerprint density at radius 3 is 0.667 bits per heavy atom. The van der Waals surface area contributed by atoms with Crippen LogP contribution < -0.4 is 0 Å². The molecule has 0 fully saturated rings. The fourth-order valence-electron chi connectivity index (χ4n) is 2.76. The number of allylic oxidation sites excluding steroid dienone is 10. The summed E-state index contributed by atoms with van der Waals surface area (Å²) >= 11 is 0. The van der Waals surface area contributed by atoms with Crippen LogP contribution in [0.3, 0.4) is 0 Å². The summed E-state index contributed by atoms with van der Waals surface area (Å²) in [5.74, 6) is 0. The van der Waals surface area contributed by atoms with E-state index in [0.29, 0.717) is 0 Å². The molecule has 0 unspecified atom stereocenters. The van der Waals surface area contributed by atoms with E-state index in [4.69, 9.17) is 0 Å². The van der Waals surface area contributed by atoms with E-state index in [-0.39, 0.29) is 0 Å². The highest BCUT2D eigenvalue weighted by molar-refractivity contribution is 4.88. The third-order valence-corrected chi connectivity index (χ3v) is 4.45. The van der Waals surface area contributed by atoms with Gasteiger partial charge in [-0.1, -0.05) is 60.8 Å². The largest absolute Gasteiger partial charge is 0.103 e. The van der Waals surface area contributed by atoms with Gasteiger partial charge in [-0.05, 0) is 96.3 Å². The molecule has 0 bridgehead atoms. The van der Waals surface area contributed by atoms with Crippen LogP contribution in [0.25, 0.3) is 0 Å². The van der Waals surface area contributed by atoms with Gasteiger partial charge in [0.25, 0.3) is 0 Å². The summed E-state index contributed by atoms with van der Waals surface area (Å²) < 4.78 is 0. The van der Waals surface area contributed by atoms with Gasteiger partial charge in [-0.2, -0.15) is 0 Å². The molecule has 0 saturated carbocycles. The van der Waals surface area contributed by atoms with Crippen LogP contribution in [0.4, 0.5) is 0 Å². The Morgan fingerprint density at radius 1 is 0.296 bits per heavy atom. The van der Waals surface area contributed by atoms with Crippen molar-refractivity contribution in [2.24, 2.45) is 0 Å². The molecule has 0 aromatic carbocycles. The van der Waals surface area contributed by atoms with Crippen LogP contribution >= 0.6 is 0 Å². The fraction of sp³-hybridized carbons (Fsp3) is 0.556. The lowest BCUT2D eigenvalue weighted by Gasteiger charge is -1.94. The Morgan fingerprint density at radius 2 is 0.481 bits per heavy atom. The van der Waals surface area contributed by atoms with Gasteiger partial charge < -0.3 is 0 Å². The Hall–Kier alpha value is -1.56. The molecular weight excluding hydrogens is 324 g/mol. The molecule has 0 N–H and O–H groups in total. The minimum absolute atomic E-state index is 1.14. The molecule has 0 saturated heterocycles. The monoisotopic (exact) mass is 368 g/mol. The zero-order chi connectivity index (χ0) is 19.7. The van der Waals surface area contributed by atoms with E-state index >= 15 is 0 Å². The molecule has 0 aliphatic heterocycles. The van der Waals surface area contributed by atoms with Crippen molar-refractivity contribution in [2.45, 2.75) is 96.3 Å². The van der Waals surface area contributed by atoms with E-state index in [0.717, 1.165) is 12.8 Å². The van der Waals surface area contributed by atoms with Crippen molar-refractivity contribution in [1.82, 2.24) is 0 Å². The summed E-state index contributed by atoms with van der Waals surface area (Å²) in [6.45, 7) is 7.50. The van der Waals surface area contributed by atoms with E-state index in [1.165, 1.54) is 83.5 Å². The molecule has 152 valence electrons. The molecule has 0 aliphatic rings. The molecule has 0 amide bonds. The van der Waals surface area contributed by atoms with E-state index < -0.39 is 0 Å². The summed E-state index contributed by atoms with van der Waals surface area (Å²) in [5, 5.41) is 0. The SMILES string of the molecule is C=CCCC/C=C/CCC/C=C/CCC/C=C/CCC/C=C/CCCC=C. The minimum atomic E-state index is 1.14. The Bertz CT molecular complexity index is 379. The molecule has 0 aromatic rings. The third kappa shape index (κ3) is 24.4. The predicted octanol–water partition coefficient (Wildman–Crippen LogP) is 9.43. The first-order valence-corrected chi connectivity index (χ1v) is 11.2. The highest BCUT2D eigenvalue weighted by Gasteiger charge is 1.85. The van der Waals surface area contributed by atoms with Crippen LogP contribution in [0.1, 0.15) is 96.3 Å². The van der Waals surface area contributed by atoms with E-state index in [2.05, 4.69) is 61.8 Å². The normalized spacial score (nSPS) is 12.1. The van der Waals surface area contributed by atoms with Gasteiger partial charge in [0.2, 0.25) is 0 Å². The smallest absolute Gasteiger partial charge is 0.0348 e. The van der Waals surface area contributed by atoms with Crippen LogP contribution in [0.5, 0.6) is 0 Å². The molecule has 0 rings (SSSR count). The van der Waals surface area contributed by atoms with Gasteiger partial charge in [0.05, 0.1) is 0 Å². The van der Waals surface area contributed by atoms with Gasteiger partial charge in [0, 0.05) is 0 Å². The van der Waals surface area contributed by atoms with Crippen molar-refractivity contribution in [3.05, 3.63) is 73.9 Å². The first-order valence-electron chi connectivity index (χ1n) is 11.2. The van der Waals surface area contributed by atoms with Crippen molar-refractivity contribution in [2.75, 3.05) is 0 Å². The topological polar surface area (TPSA) is 0 Å². The second kappa shape index (κ2) is 24.4. The highest BCUT2D eigenvalue weighted by Crippen LogP contribution is 2.05. The lowest BCUT2D eigenvalue weighted by molar-refractivity contribution is 0.823. The summed E-state index contributed by atoms with van der Waals surface area (Å²) in [6, 6.07) is 0. The predicted molar refractivity (Wildman–Crippen MR) is 126 cm³/mol. The van der Waals surface area contributed by atoms with Gasteiger partial charge in [-0.3, -0.25) is 0 Å². The van der Waals surface area contributed by atoms with Crippen molar-refractivity contribution < 1.29 is 0 Å². The zero-order valence-electron chi connectivity index (χ0n) is 17.8. The van der Waals surface area contributed by atoms with Crippen molar-refractivity contribution in [3.8, 4) is 0 Å². The van der Waals surface area contributed by atoms with E-state index in [1.807, 2.05) is 12.2 Å². The van der Waals surface area contributed by atoms with E-state index in [1.54, 1.807) is 0 Å². The fourth-order valence-corrected chi connectivity index (χ4v) is 2.76. The van der Waals surface area contributed by atoms with E-state index in [9.17, 15) is 0 Å². The van der Waals surface area contributed by atoms with Gasteiger partial charge in [-0.25, -0.2) is 0 Å². The third-order valence-electron chi connectivity index (χ3n) is 4.45. The molecule has 0 aliphatic carbocycles. The summed E-state index contributed by atoms with van der Waals surface area (Å²) in [4.78, 5) is 0. The standard InChI is InChI=1S/C27H44/c1-3-5-7-9-11-13-15-17-19-21-23-25-27-26-24-22-20-18-16-14-12-10-8-6-4-2/h3-4,11-14,21-24H,1-2,5-10,15-20,25-27H2/b13-11+,14-12+,23-21+,24-22+. The van der Waals surface area contributed by atoms with Crippen molar-refractivity contribution in [3.63, 3.8) is 0 Å². The average molecular weight is 369 g/mol. The number of hydrogen-bond acceptors (Lipinski definition) is 0. The second-order valence-corrected chi connectivity index (χ2v) is 7.12. The number of unbranched alkanes of at least 4 members (excludes halogenated alkanes) is 10. The number of rotatable bonds is 20. The molecule has 0 atom stereocenters. The van der Waals surface area contributed by atoms with Crippen LogP contribution in [-0.4, -0.2) is 0 Å².